The third kappa shape index (κ3) is 6.47. The van der Waals surface area contributed by atoms with Crippen LogP contribution in [0.5, 0.6) is 5.75 Å². The lowest BCUT2D eigenvalue weighted by Gasteiger charge is -2.23. The number of rotatable bonds is 10. The van der Waals surface area contributed by atoms with Crippen molar-refractivity contribution >= 4 is 17.8 Å². The van der Waals surface area contributed by atoms with Gasteiger partial charge in [0.2, 0.25) is 17.8 Å². The zero-order valence-electron chi connectivity index (χ0n) is 20.3. The van der Waals surface area contributed by atoms with Gasteiger partial charge in [0, 0.05) is 30.4 Å². The molecule has 0 saturated heterocycles. The number of aromatic nitrogens is 2. The topological polar surface area (TPSA) is 76.5 Å². The average molecular weight is 479 g/mol. The van der Waals surface area contributed by atoms with Crippen molar-refractivity contribution < 1.29 is 18.7 Å². The summed E-state index contributed by atoms with van der Waals surface area (Å²) in [6.45, 7) is 4.56. The number of carbonyl (C=O) groups is 2. The second kappa shape index (κ2) is 10.7. The standard InChI is InChI=1S/C27H31FN4O3/c1-18(2)14-26(34)31(15-19-4-5-19)17-25(33)30-27-29-24(20-6-12-23(35-3)13-7-20)16-32(27)22-10-8-21(28)9-11-22/h6-13,16,18-19H,4-5,14-15,17H2,1-3H3,(H,29,30,33). The molecular weight excluding hydrogens is 447 g/mol. The molecule has 184 valence electrons. The number of hydrogen-bond acceptors (Lipinski definition) is 4. The van der Waals surface area contributed by atoms with Crippen LogP contribution in [0.2, 0.25) is 0 Å². The molecule has 1 saturated carbocycles. The first-order chi connectivity index (χ1) is 16.8. The second-order valence-electron chi connectivity index (χ2n) is 9.39. The first kappa shape index (κ1) is 24.4. The van der Waals surface area contributed by atoms with Crippen LogP contribution in [0.25, 0.3) is 16.9 Å². The molecule has 0 unspecified atom stereocenters. The van der Waals surface area contributed by atoms with Gasteiger partial charge in [0.15, 0.2) is 0 Å². The third-order valence-electron chi connectivity index (χ3n) is 5.89. The molecule has 0 radical (unpaired) electrons. The van der Waals surface area contributed by atoms with Crippen molar-refractivity contribution in [3.8, 4) is 22.7 Å². The quantitative estimate of drug-likeness (QED) is 0.449. The number of carbonyl (C=O) groups excluding carboxylic acids is 2. The van der Waals surface area contributed by atoms with Crippen LogP contribution in [0.15, 0.2) is 54.7 Å². The van der Waals surface area contributed by atoms with Crippen molar-refractivity contribution in [2.75, 3.05) is 25.5 Å². The van der Waals surface area contributed by atoms with E-state index in [1.807, 2.05) is 38.1 Å². The van der Waals surface area contributed by atoms with Crippen LogP contribution < -0.4 is 10.1 Å². The molecule has 1 N–H and O–H groups in total. The minimum atomic E-state index is -0.353. The molecule has 0 bridgehead atoms. The Balaban J connectivity index is 1.58. The Bertz CT molecular complexity index is 1170. The fourth-order valence-corrected chi connectivity index (χ4v) is 3.85. The summed E-state index contributed by atoms with van der Waals surface area (Å²) in [4.78, 5) is 32.1. The summed E-state index contributed by atoms with van der Waals surface area (Å²) in [5, 5.41) is 2.87. The molecule has 8 heteroatoms. The van der Waals surface area contributed by atoms with E-state index in [0.717, 1.165) is 24.2 Å². The summed E-state index contributed by atoms with van der Waals surface area (Å²) in [7, 11) is 1.60. The van der Waals surface area contributed by atoms with E-state index >= 15 is 0 Å². The predicted molar refractivity (Wildman–Crippen MR) is 133 cm³/mol. The molecule has 1 aliphatic rings. The lowest BCUT2D eigenvalue weighted by Crippen LogP contribution is -2.40. The van der Waals surface area contributed by atoms with E-state index in [1.54, 1.807) is 34.9 Å². The number of amides is 2. The SMILES string of the molecule is COc1ccc(-c2cn(-c3ccc(F)cc3)c(NC(=O)CN(CC3CC3)C(=O)CC(C)C)n2)cc1. The van der Waals surface area contributed by atoms with Gasteiger partial charge in [-0.25, -0.2) is 9.37 Å². The van der Waals surface area contributed by atoms with Crippen molar-refractivity contribution in [2.24, 2.45) is 11.8 Å². The molecule has 35 heavy (non-hydrogen) atoms. The van der Waals surface area contributed by atoms with Gasteiger partial charge in [-0.3, -0.25) is 19.5 Å². The molecule has 1 aromatic heterocycles. The minimum Gasteiger partial charge on any atom is -0.497 e. The smallest absolute Gasteiger partial charge is 0.246 e. The Labute approximate surface area is 204 Å². The Morgan fingerprint density at radius 3 is 2.43 bits per heavy atom. The van der Waals surface area contributed by atoms with Crippen molar-refractivity contribution in [3.63, 3.8) is 0 Å². The Morgan fingerprint density at radius 2 is 1.83 bits per heavy atom. The third-order valence-corrected chi connectivity index (χ3v) is 5.89. The molecule has 1 fully saturated rings. The maximum absolute atomic E-state index is 13.5. The number of methoxy groups -OCH3 is 1. The molecule has 0 aliphatic heterocycles. The largest absolute Gasteiger partial charge is 0.497 e. The lowest BCUT2D eigenvalue weighted by atomic mass is 10.1. The number of halogens is 1. The first-order valence-corrected chi connectivity index (χ1v) is 11.9. The fraction of sp³-hybridized carbons (Fsp3) is 0.370. The Morgan fingerprint density at radius 1 is 1.14 bits per heavy atom. The van der Waals surface area contributed by atoms with Gasteiger partial charge >= 0.3 is 0 Å². The van der Waals surface area contributed by atoms with Crippen LogP contribution in [0.3, 0.4) is 0 Å². The fourth-order valence-electron chi connectivity index (χ4n) is 3.85. The van der Waals surface area contributed by atoms with Crippen LogP contribution in [-0.2, 0) is 9.59 Å². The van der Waals surface area contributed by atoms with Crippen LogP contribution >= 0.6 is 0 Å². The van der Waals surface area contributed by atoms with Gasteiger partial charge < -0.3 is 9.64 Å². The number of hydrogen-bond donors (Lipinski definition) is 1. The summed E-state index contributed by atoms with van der Waals surface area (Å²) in [5.74, 6) is 1.03. The van der Waals surface area contributed by atoms with Gasteiger partial charge in [0.05, 0.1) is 19.3 Å². The van der Waals surface area contributed by atoms with E-state index in [0.29, 0.717) is 36.2 Å². The van der Waals surface area contributed by atoms with Gasteiger partial charge in [0.1, 0.15) is 11.6 Å². The number of ether oxygens (including phenoxy) is 1. The lowest BCUT2D eigenvalue weighted by molar-refractivity contribution is -0.135. The summed E-state index contributed by atoms with van der Waals surface area (Å²) in [6.07, 6.45) is 4.38. The van der Waals surface area contributed by atoms with E-state index in [2.05, 4.69) is 10.3 Å². The molecule has 0 atom stereocenters. The molecular formula is C27H31FN4O3. The monoisotopic (exact) mass is 478 g/mol. The zero-order chi connectivity index (χ0) is 24.9. The highest BCUT2D eigenvalue weighted by Gasteiger charge is 2.28. The van der Waals surface area contributed by atoms with E-state index < -0.39 is 0 Å². The zero-order valence-corrected chi connectivity index (χ0v) is 20.3. The van der Waals surface area contributed by atoms with Crippen molar-refractivity contribution in [1.29, 1.82) is 0 Å². The highest BCUT2D eigenvalue weighted by Crippen LogP contribution is 2.30. The highest BCUT2D eigenvalue weighted by molar-refractivity contribution is 5.94. The van der Waals surface area contributed by atoms with E-state index in [-0.39, 0.29) is 30.1 Å². The predicted octanol–water partition coefficient (Wildman–Crippen LogP) is 4.91. The minimum absolute atomic E-state index is 0.0113. The summed E-state index contributed by atoms with van der Waals surface area (Å²) in [6, 6.07) is 13.4. The van der Waals surface area contributed by atoms with Gasteiger partial charge in [-0.15, -0.1) is 0 Å². The summed E-state index contributed by atoms with van der Waals surface area (Å²) < 4.78 is 20.5. The molecule has 2 aromatic carbocycles. The molecule has 3 aromatic rings. The molecule has 1 heterocycles. The van der Waals surface area contributed by atoms with Gasteiger partial charge in [0.25, 0.3) is 0 Å². The molecule has 7 nitrogen and oxygen atoms in total. The maximum atomic E-state index is 13.5. The number of anilines is 1. The van der Waals surface area contributed by atoms with E-state index in [1.165, 1.54) is 12.1 Å². The van der Waals surface area contributed by atoms with Crippen LogP contribution in [0, 0.1) is 17.7 Å². The number of nitrogens with one attached hydrogen (secondary N) is 1. The summed E-state index contributed by atoms with van der Waals surface area (Å²) in [5.41, 5.74) is 2.13. The van der Waals surface area contributed by atoms with Crippen LogP contribution in [0.1, 0.15) is 33.1 Å². The highest BCUT2D eigenvalue weighted by atomic mass is 19.1. The second-order valence-corrected chi connectivity index (χ2v) is 9.39. The molecule has 4 rings (SSSR count). The molecule has 2 amide bonds. The number of benzene rings is 2. The van der Waals surface area contributed by atoms with E-state index in [9.17, 15) is 14.0 Å². The van der Waals surface area contributed by atoms with Gasteiger partial charge in [-0.2, -0.15) is 0 Å². The normalized spacial score (nSPS) is 13.1. The van der Waals surface area contributed by atoms with Crippen molar-refractivity contribution in [2.45, 2.75) is 33.1 Å². The average Bonchev–Trinajstić information content (AvgIpc) is 3.56. The molecule has 0 spiro atoms. The van der Waals surface area contributed by atoms with Gasteiger partial charge in [-0.1, -0.05) is 13.8 Å². The first-order valence-electron chi connectivity index (χ1n) is 11.9. The van der Waals surface area contributed by atoms with Crippen LogP contribution in [0.4, 0.5) is 10.3 Å². The van der Waals surface area contributed by atoms with E-state index in [4.69, 9.17) is 4.74 Å². The van der Waals surface area contributed by atoms with Crippen molar-refractivity contribution in [1.82, 2.24) is 14.5 Å². The van der Waals surface area contributed by atoms with Crippen LogP contribution in [-0.4, -0.2) is 46.5 Å². The summed E-state index contributed by atoms with van der Waals surface area (Å²) >= 11 is 0. The molecule has 1 aliphatic carbocycles. The Kier molecular flexibility index (Phi) is 7.48. The number of nitrogens with zero attached hydrogens (tertiary/aromatic N) is 3. The number of imidazole rings is 1. The maximum Gasteiger partial charge on any atom is 0.246 e. The Hall–Kier alpha value is -3.68. The van der Waals surface area contributed by atoms with Gasteiger partial charge in [-0.05, 0) is 73.2 Å². The van der Waals surface area contributed by atoms with Crippen molar-refractivity contribution in [3.05, 3.63) is 60.5 Å².